The Bertz CT molecular complexity index is 1000. The van der Waals surface area contributed by atoms with Crippen molar-refractivity contribution in [2.45, 2.75) is 63.6 Å². The van der Waals surface area contributed by atoms with E-state index in [0.717, 1.165) is 57.5 Å². The van der Waals surface area contributed by atoms with Gasteiger partial charge in [-0.1, -0.05) is 6.07 Å². The number of nitrogens with zero attached hydrogens (tertiary/aromatic N) is 3. The lowest BCUT2D eigenvalue weighted by atomic mass is 9.60. The second kappa shape index (κ2) is 8.78. The lowest BCUT2D eigenvalue weighted by Crippen LogP contribution is -2.68. The van der Waals surface area contributed by atoms with Gasteiger partial charge in [-0.2, -0.15) is 0 Å². The number of piperidine rings is 1. The highest BCUT2D eigenvalue weighted by Crippen LogP contribution is 2.49. The highest BCUT2D eigenvalue weighted by Gasteiger charge is 2.52. The fourth-order valence-electron chi connectivity index (χ4n) is 6.41. The summed E-state index contributed by atoms with van der Waals surface area (Å²) in [6.07, 6.45) is 5.11. The minimum atomic E-state index is -0.443. The van der Waals surface area contributed by atoms with Crippen molar-refractivity contribution in [2.24, 2.45) is 11.1 Å². The zero-order valence-corrected chi connectivity index (χ0v) is 19.7. The summed E-state index contributed by atoms with van der Waals surface area (Å²) in [6.45, 7) is 5.80. The number of anilines is 1. The van der Waals surface area contributed by atoms with E-state index in [2.05, 4.69) is 15.1 Å². The normalized spacial score (nSPS) is 23.5. The van der Waals surface area contributed by atoms with Gasteiger partial charge in [0.15, 0.2) is 0 Å². The van der Waals surface area contributed by atoms with E-state index >= 15 is 0 Å². The molecule has 34 heavy (non-hydrogen) atoms. The van der Waals surface area contributed by atoms with Crippen molar-refractivity contribution in [3.8, 4) is 0 Å². The van der Waals surface area contributed by atoms with Crippen molar-refractivity contribution in [1.29, 1.82) is 0 Å². The van der Waals surface area contributed by atoms with Crippen LogP contribution in [0, 0.1) is 5.41 Å². The van der Waals surface area contributed by atoms with Crippen molar-refractivity contribution in [1.82, 2.24) is 15.1 Å². The molecule has 1 spiro atoms. The maximum Gasteiger partial charge on any atom is 0.263 e. The predicted molar refractivity (Wildman–Crippen MR) is 126 cm³/mol. The SMILES string of the molecule is CC(CCC(=O)NC=O)N1C(=O)c2cccc(N3CCC(N4CC5(CC(N)C5)C4)CC3)c2C1=O. The minimum absolute atomic E-state index is 0.0669. The van der Waals surface area contributed by atoms with Crippen molar-refractivity contribution >= 4 is 29.8 Å². The van der Waals surface area contributed by atoms with Crippen LogP contribution in [0.4, 0.5) is 5.69 Å². The molecule has 1 aromatic rings. The highest BCUT2D eigenvalue weighted by atomic mass is 16.2. The Hall–Kier alpha value is -2.78. The summed E-state index contributed by atoms with van der Waals surface area (Å²) < 4.78 is 0. The molecule has 0 aromatic heterocycles. The van der Waals surface area contributed by atoms with Gasteiger partial charge in [-0.3, -0.25) is 34.3 Å². The van der Waals surface area contributed by atoms with E-state index in [1.54, 1.807) is 13.0 Å². The second-order valence-corrected chi connectivity index (χ2v) is 10.5. The first-order chi connectivity index (χ1) is 16.3. The standard InChI is InChI=1S/C25H33N5O4/c1-16(5-6-21(32)27-15-31)30-23(33)19-3-2-4-20(22(19)24(30)34)28-9-7-18(8-10-28)29-13-25(14-29)11-17(26)12-25/h2-4,15-18H,5-14,26H2,1H3,(H,27,31,32). The van der Waals surface area contributed by atoms with Crippen molar-refractivity contribution in [3.63, 3.8) is 0 Å². The van der Waals surface area contributed by atoms with Crippen molar-refractivity contribution < 1.29 is 19.2 Å². The third-order valence-corrected chi connectivity index (χ3v) is 8.16. The van der Waals surface area contributed by atoms with Crippen LogP contribution in [0.3, 0.4) is 0 Å². The van der Waals surface area contributed by atoms with E-state index < -0.39 is 11.9 Å². The van der Waals surface area contributed by atoms with Crippen molar-refractivity contribution in [3.05, 3.63) is 29.3 Å². The number of likely N-dealkylation sites (tertiary alicyclic amines) is 1. The number of benzene rings is 1. The smallest absolute Gasteiger partial charge is 0.263 e. The molecule has 1 saturated carbocycles. The molecule has 5 rings (SSSR count). The molecular weight excluding hydrogens is 434 g/mol. The average molecular weight is 468 g/mol. The molecule has 182 valence electrons. The number of imide groups is 2. The second-order valence-electron chi connectivity index (χ2n) is 10.5. The summed E-state index contributed by atoms with van der Waals surface area (Å²) in [5.41, 5.74) is 8.21. The largest absolute Gasteiger partial charge is 0.371 e. The molecule has 3 fully saturated rings. The predicted octanol–water partition coefficient (Wildman–Crippen LogP) is 1.12. The van der Waals surface area contributed by atoms with Crippen LogP contribution in [0.5, 0.6) is 0 Å². The summed E-state index contributed by atoms with van der Waals surface area (Å²) in [4.78, 5) is 54.6. The number of rotatable bonds is 7. The molecule has 1 aromatic carbocycles. The first-order valence-corrected chi connectivity index (χ1v) is 12.3. The van der Waals surface area contributed by atoms with E-state index in [4.69, 9.17) is 5.73 Å². The Kier molecular flexibility index (Phi) is 5.93. The van der Waals surface area contributed by atoms with Crippen LogP contribution in [-0.2, 0) is 9.59 Å². The van der Waals surface area contributed by atoms with Gasteiger partial charge in [0.25, 0.3) is 11.8 Å². The zero-order chi connectivity index (χ0) is 24.0. The number of carbonyl (C=O) groups is 4. The monoisotopic (exact) mass is 467 g/mol. The molecule has 0 radical (unpaired) electrons. The first kappa shape index (κ1) is 23.0. The number of nitrogens with one attached hydrogen (secondary N) is 1. The Morgan fingerprint density at radius 1 is 1.21 bits per heavy atom. The van der Waals surface area contributed by atoms with Crippen LogP contribution in [0.25, 0.3) is 0 Å². The maximum absolute atomic E-state index is 13.4. The highest BCUT2D eigenvalue weighted by molar-refractivity contribution is 6.24. The van der Waals surface area contributed by atoms with E-state index in [9.17, 15) is 19.2 Å². The van der Waals surface area contributed by atoms with Crippen molar-refractivity contribution in [2.75, 3.05) is 31.1 Å². The van der Waals surface area contributed by atoms with Crippen LogP contribution < -0.4 is 16.0 Å². The molecule has 0 bridgehead atoms. The van der Waals surface area contributed by atoms with Gasteiger partial charge in [0.1, 0.15) is 0 Å². The van der Waals surface area contributed by atoms with Gasteiger partial charge in [-0.25, -0.2) is 0 Å². The number of hydrogen-bond acceptors (Lipinski definition) is 7. The molecule has 9 heteroatoms. The van der Waals surface area contributed by atoms with Gasteiger partial charge in [-0.05, 0) is 56.6 Å². The molecule has 3 aliphatic heterocycles. The van der Waals surface area contributed by atoms with Crippen LogP contribution in [0.2, 0.25) is 0 Å². The van der Waals surface area contributed by atoms with Gasteiger partial charge >= 0.3 is 0 Å². The fraction of sp³-hybridized carbons (Fsp3) is 0.600. The Morgan fingerprint density at radius 2 is 1.91 bits per heavy atom. The van der Waals surface area contributed by atoms with E-state index in [0.29, 0.717) is 41.5 Å². The van der Waals surface area contributed by atoms with Crippen LogP contribution in [0.15, 0.2) is 18.2 Å². The number of nitrogens with two attached hydrogens (primary N) is 1. The molecule has 2 saturated heterocycles. The molecule has 4 amide bonds. The molecule has 1 aliphatic carbocycles. The molecular formula is C25H33N5O4. The number of hydrogen-bond donors (Lipinski definition) is 2. The van der Waals surface area contributed by atoms with Gasteiger partial charge in [0, 0.05) is 50.7 Å². The van der Waals surface area contributed by atoms with Crippen LogP contribution >= 0.6 is 0 Å². The number of carbonyl (C=O) groups excluding carboxylic acids is 4. The number of amides is 4. The lowest BCUT2D eigenvalue weighted by Gasteiger charge is -2.61. The summed E-state index contributed by atoms with van der Waals surface area (Å²) in [5, 5.41) is 2.09. The van der Waals surface area contributed by atoms with E-state index in [1.807, 2.05) is 12.1 Å². The van der Waals surface area contributed by atoms with E-state index in [1.165, 1.54) is 4.90 Å². The Balaban J connectivity index is 1.23. The molecule has 1 atom stereocenters. The van der Waals surface area contributed by atoms with Crippen LogP contribution in [-0.4, -0.2) is 78.2 Å². The molecule has 3 N–H and O–H groups in total. The summed E-state index contributed by atoms with van der Waals surface area (Å²) in [5.74, 6) is -1.04. The topological polar surface area (TPSA) is 116 Å². The van der Waals surface area contributed by atoms with Gasteiger partial charge in [-0.15, -0.1) is 0 Å². The molecule has 9 nitrogen and oxygen atoms in total. The average Bonchev–Trinajstić information content (AvgIpc) is 3.04. The third kappa shape index (κ3) is 3.90. The molecule has 1 unspecified atom stereocenters. The first-order valence-electron chi connectivity index (χ1n) is 12.3. The lowest BCUT2D eigenvalue weighted by molar-refractivity contribution is -0.125. The molecule has 3 heterocycles. The summed E-state index contributed by atoms with van der Waals surface area (Å²) >= 11 is 0. The van der Waals surface area contributed by atoms with Gasteiger partial charge < -0.3 is 10.6 Å². The third-order valence-electron chi connectivity index (χ3n) is 8.16. The quantitative estimate of drug-likeness (QED) is 0.456. The maximum atomic E-state index is 13.4. The fourth-order valence-corrected chi connectivity index (χ4v) is 6.41. The zero-order valence-electron chi connectivity index (χ0n) is 19.7. The Labute approximate surface area is 199 Å². The van der Waals surface area contributed by atoms with E-state index in [-0.39, 0.29) is 18.2 Å². The Morgan fingerprint density at radius 3 is 2.56 bits per heavy atom. The van der Waals surface area contributed by atoms with Gasteiger partial charge in [0.2, 0.25) is 12.3 Å². The summed E-state index contributed by atoms with van der Waals surface area (Å²) in [7, 11) is 0. The van der Waals surface area contributed by atoms with Crippen LogP contribution in [0.1, 0.15) is 66.2 Å². The minimum Gasteiger partial charge on any atom is -0.371 e. The summed E-state index contributed by atoms with van der Waals surface area (Å²) in [6, 6.07) is 6.00. The molecule has 4 aliphatic rings. The van der Waals surface area contributed by atoms with Gasteiger partial charge in [0.05, 0.1) is 16.8 Å². The number of fused-ring (bicyclic) bond motifs is 1.